The second-order valence-corrected chi connectivity index (χ2v) is 5.01. The lowest BCUT2D eigenvalue weighted by Crippen LogP contribution is -2.25. The number of hydrogen-bond acceptors (Lipinski definition) is 2. The SMILES string of the molecule is CCNC(C)CCc1ccc(Cl)c2cccnc12. The fourth-order valence-electron chi connectivity index (χ4n) is 2.22. The molecular formula is C15H19ClN2. The summed E-state index contributed by atoms with van der Waals surface area (Å²) in [5.41, 5.74) is 2.31. The Bertz CT molecular complexity index is 525. The number of hydrogen-bond donors (Lipinski definition) is 1. The first kappa shape index (κ1) is 13.3. The summed E-state index contributed by atoms with van der Waals surface area (Å²) in [5, 5.41) is 5.26. The molecule has 1 aromatic carbocycles. The normalized spacial score (nSPS) is 12.8. The van der Waals surface area contributed by atoms with E-state index in [1.54, 1.807) is 0 Å². The van der Waals surface area contributed by atoms with Gasteiger partial charge in [0.05, 0.1) is 5.52 Å². The molecule has 2 aromatic rings. The van der Waals surface area contributed by atoms with E-state index in [9.17, 15) is 0 Å². The summed E-state index contributed by atoms with van der Waals surface area (Å²) >= 11 is 6.19. The predicted octanol–water partition coefficient (Wildman–Crippen LogP) is 3.82. The molecule has 0 aliphatic heterocycles. The van der Waals surface area contributed by atoms with E-state index in [1.165, 1.54) is 5.56 Å². The monoisotopic (exact) mass is 262 g/mol. The largest absolute Gasteiger partial charge is 0.315 e. The van der Waals surface area contributed by atoms with Gasteiger partial charge >= 0.3 is 0 Å². The van der Waals surface area contributed by atoms with E-state index in [1.807, 2.05) is 24.4 Å². The number of rotatable bonds is 5. The number of aromatic nitrogens is 1. The minimum absolute atomic E-state index is 0.532. The number of benzene rings is 1. The zero-order chi connectivity index (χ0) is 13.0. The van der Waals surface area contributed by atoms with Gasteiger partial charge in [-0.15, -0.1) is 0 Å². The van der Waals surface area contributed by atoms with Crippen molar-refractivity contribution in [2.24, 2.45) is 0 Å². The third-order valence-electron chi connectivity index (χ3n) is 3.20. The molecule has 2 rings (SSSR count). The molecule has 18 heavy (non-hydrogen) atoms. The number of aryl methyl sites for hydroxylation is 1. The van der Waals surface area contributed by atoms with Crippen LogP contribution < -0.4 is 5.32 Å². The van der Waals surface area contributed by atoms with Gasteiger partial charge in [-0.3, -0.25) is 4.98 Å². The quantitative estimate of drug-likeness (QED) is 0.886. The lowest BCUT2D eigenvalue weighted by atomic mass is 10.0. The highest BCUT2D eigenvalue weighted by Crippen LogP contribution is 2.25. The number of pyridine rings is 1. The highest BCUT2D eigenvalue weighted by Gasteiger charge is 2.07. The fraction of sp³-hybridized carbons (Fsp3) is 0.400. The van der Waals surface area contributed by atoms with Gasteiger partial charge in [0.15, 0.2) is 0 Å². The standard InChI is InChI=1S/C15H19ClN2/c1-3-17-11(2)6-7-12-8-9-14(16)13-5-4-10-18-15(12)13/h4-5,8-11,17H,3,6-7H2,1-2H3. The lowest BCUT2D eigenvalue weighted by Gasteiger charge is -2.13. The number of halogens is 1. The van der Waals surface area contributed by atoms with Crippen LogP contribution in [0.3, 0.4) is 0 Å². The van der Waals surface area contributed by atoms with Crippen molar-refractivity contribution < 1.29 is 0 Å². The molecule has 0 aliphatic carbocycles. The van der Waals surface area contributed by atoms with E-state index in [0.29, 0.717) is 6.04 Å². The van der Waals surface area contributed by atoms with Gasteiger partial charge in [-0.1, -0.05) is 24.6 Å². The van der Waals surface area contributed by atoms with Crippen LogP contribution in [0.15, 0.2) is 30.5 Å². The maximum atomic E-state index is 6.19. The Hall–Kier alpha value is -1.12. The van der Waals surface area contributed by atoms with Crippen LogP contribution in [-0.2, 0) is 6.42 Å². The molecule has 0 amide bonds. The highest BCUT2D eigenvalue weighted by atomic mass is 35.5. The van der Waals surface area contributed by atoms with E-state index >= 15 is 0 Å². The number of nitrogens with zero attached hydrogens (tertiary/aromatic N) is 1. The molecule has 0 saturated carbocycles. The average molecular weight is 263 g/mol. The molecule has 0 spiro atoms. The zero-order valence-corrected chi connectivity index (χ0v) is 11.7. The van der Waals surface area contributed by atoms with Crippen LogP contribution in [0.5, 0.6) is 0 Å². The Labute approximate surface area is 113 Å². The summed E-state index contributed by atoms with van der Waals surface area (Å²) in [4.78, 5) is 4.46. The molecule has 0 bridgehead atoms. The lowest BCUT2D eigenvalue weighted by molar-refractivity contribution is 0.531. The van der Waals surface area contributed by atoms with Gasteiger partial charge in [-0.05, 0) is 50.1 Å². The van der Waals surface area contributed by atoms with Gasteiger partial charge < -0.3 is 5.32 Å². The summed E-state index contributed by atoms with van der Waals surface area (Å²) in [6, 6.07) is 8.56. The first-order valence-electron chi connectivity index (χ1n) is 6.48. The van der Waals surface area contributed by atoms with Crippen molar-refractivity contribution in [3.8, 4) is 0 Å². The van der Waals surface area contributed by atoms with Crippen LogP contribution in [0.25, 0.3) is 10.9 Å². The van der Waals surface area contributed by atoms with Gasteiger partial charge in [0.2, 0.25) is 0 Å². The average Bonchev–Trinajstić information content (AvgIpc) is 2.39. The van der Waals surface area contributed by atoms with Crippen LogP contribution >= 0.6 is 11.6 Å². The third kappa shape index (κ3) is 3.01. The molecule has 1 heterocycles. The number of fused-ring (bicyclic) bond motifs is 1. The molecule has 0 aliphatic rings. The topological polar surface area (TPSA) is 24.9 Å². The van der Waals surface area contributed by atoms with Crippen molar-refractivity contribution in [2.75, 3.05) is 6.54 Å². The van der Waals surface area contributed by atoms with E-state index in [2.05, 4.69) is 30.2 Å². The van der Waals surface area contributed by atoms with Gasteiger partial charge in [-0.2, -0.15) is 0 Å². The molecule has 0 saturated heterocycles. The van der Waals surface area contributed by atoms with E-state index in [0.717, 1.165) is 35.3 Å². The first-order valence-corrected chi connectivity index (χ1v) is 6.85. The smallest absolute Gasteiger partial charge is 0.0748 e. The van der Waals surface area contributed by atoms with Gasteiger partial charge in [0.25, 0.3) is 0 Å². The van der Waals surface area contributed by atoms with Crippen molar-refractivity contribution in [2.45, 2.75) is 32.7 Å². The van der Waals surface area contributed by atoms with Crippen LogP contribution in [-0.4, -0.2) is 17.6 Å². The Morgan fingerprint density at radius 2 is 2.17 bits per heavy atom. The summed E-state index contributed by atoms with van der Waals surface area (Å²) in [6.07, 6.45) is 3.97. The van der Waals surface area contributed by atoms with E-state index in [4.69, 9.17) is 11.6 Å². The zero-order valence-electron chi connectivity index (χ0n) is 10.9. The Morgan fingerprint density at radius 1 is 1.33 bits per heavy atom. The predicted molar refractivity (Wildman–Crippen MR) is 78.2 cm³/mol. The second-order valence-electron chi connectivity index (χ2n) is 4.60. The Balaban J connectivity index is 2.21. The van der Waals surface area contributed by atoms with Gasteiger partial charge in [0.1, 0.15) is 0 Å². The molecule has 96 valence electrons. The van der Waals surface area contributed by atoms with Crippen molar-refractivity contribution in [1.29, 1.82) is 0 Å². The molecule has 2 nitrogen and oxygen atoms in total. The molecular weight excluding hydrogens is 244 g/mol. The molecule has 0 fully saturated rings. The van der Waals surface area contributed by atoms with Crippen molar-refractivity contribution in [1.82, 2.24) is 10.3 Å². The van der Waals surface area contributed by atoms with Crippen molar-refractivity contribution in [3.05, 3.63) is 41.0 Å². The molecule has 1 unspecified atom stereocenters. The second kappa shape index (κ2) is 6.17. The molecule has 1 atom stereocenters. The summed E-state index contributed by atoms with van der Waals surface area (Å²) in [5.74, 6) is 0. The van der Waals surface area contributed by atoms with E-state index in [-0.39, 0.29) is 0 Å². The minimum atomic E-state index is 0.532. The Kier molecular flexibility index (Phi) is 4.56. The highest BCUT2D eigenvalue weighted by molar-refractivity contribution is 6.35. The summed E-state index contributed by atoms with van der Waals surface area (Å²) in [6.45, 7) is 5.37. The maximum absolute atomic E-state index is 6.19. The van der Waals surface area contributed by atoms with Crippen molar-refractivity contribution >= 4 is 22.5 Å². The third-order valence-corrected chi connectivity index (χ3v) is 3.53. The number of nitrogens with one attached hydrogen (secondary N) is 1. The summed E-state index contributed by atoms with van der Waals surface area (Å²) in [7, 11) is 0. The fourth-order valence-corrected chi connectivity index (χ4v) is 2.44. The first-order chi connectivity index (χ1) is 8.72. The molecule has 1 aromatic heterocycles. The summed E-state index contributed by atoms with van der Waals surface area (Å²) < 4.78 is 0. The molecule has 3 heteroatoms. The van der Waals surface area contributed by atoms with Crippen LogP contribution in [0.1, 0.15) is 25.8 Å². The van der Waals surface area contributed by atoms with Crippen LogP contribution in [0, 0.1) is 0 Å². The van der Waals surface area contributed by atoms with Crippen molar-refractivity contribution in [3.63, 3.8) is 0 Å². The van der Waals surface area contributed by atoms with Crippen LogP contribution in [0.4, 0.5) is 0 Å². The van der Waals surface area contributed by atoms with Gasteiger partial charge in [-0.25, -0.2) is 0 Å². The molecule has 1 N–H and O–H groups in total. The van der Waals surface area contributed by atoms with Gasteiger partial charge in [0, 0.05) is 22.6 Å². The molecule has 0 radical (unpaired) electrons. The van der Waals surface area contributed by atoms with E-state index < -0.39 is 0 Å². The minimum Gasteiger partial charge on any atom is -0.315 e. The van der Waals surface area contributed by atoms with Crippen LogP contribution in [0.2, 0.25) is 5.02 Å². The maximum Gasteiger partial charge on any atom is 0.0748 e. The Morgan fingerprint density at radius 3 is 2.94 bits per heavy atom.